The number of para-hydroxylation sites is 1. The maximum Gasteiger partial charge on any atom is 0.342 e. The van der Waals surface area contributed by atoms with Crippen molar-refractivity contribution >= 4 is 17.8 Å². The quantitative estimate of drug-likeness (QED) is 0.716. The summed E-state index contributed by atoms with van der Waals surface area (Å²) in [7, 11) is 0. The second kappa shape index (κ2) is 8.80. The highest BCUT2D eigenvalue weighted by molar-refractivity contribution is 5.94. The number of hydrogen-bond acceptors (Lipinski definition) is 5. The first kappa shape index (κ1) is 19.2. The van der Waals surface area contributed by atoms with E-state index in [2.05, 4.69) is 15.7 Å². The fourth-order valence-corrected chi connectivity index (χ4v) is 2.45. The van der Waals surface area contributed by atoms with Gasteiger partial charge in [-0.3, -0.25) is 9.59 Å². The third kappa shape index (κ3) is 4.69. The molecular formula is C18H22N4O4. The number of carbonyl (C=O) groups is 3. The van der Waals surface area contributed by atoms with Gasteiger partial charge < -0.3 is 15.4 Å². The number of hydrogen-bond donors (Lipinski definition) is 2. The lowest BCUT2D eigenvalue weighted by Gasteiger charge is -2.07. The maximum absolute atomic E-state index is 12.3. The Morgan fingerprint density at radius 1 is 1.08 bits per heavy atom. The van der Waals surface area contributed by atoms with Crippen molar-refractivity contribution in [2.45, 2.75) is 20.8 Å². The summed E-state index contributed by atoms with van der Waals surface area (Å²) in [6, 6.07) is 9.40. The summed E-state index contributed by atoms with van der Waals surface area (Å²) in [4.78, 5) is 35.3. The van der Waals surface area contributed by atoms with Gasteiger partial charge in [-0.25, -0.2) is 9.48 Å². The second-order valence-corrected chi connectivity index (χ2v) is 5.60. The van der Waals surface area contributed by atoms with Crippen LogP contribution in [0.4, 0.5) is 0 Å². The van der Waals surface area contributed by atoms with Gasteiger partial charge in [0.05, 0.1) is 23.6 Å². The summed E-state index contributed by atoms with van der Waals surface area (Å²) in [6.07, 6.45) is 0. The molecule has 2 N–H and O–H groups in total. The molecule has 0 aliphatic rings. The van der Waals surface area contributed by atoms with Crippen LogP contribution in [-0.4, -0.2) is 47.3 Å². The van der Waals surface area contributed by atoms with E-state index in [0.717, 1.165) is 5.69 Å². The molecule has 0 saturated carbocycles. The fraction of sp³-hybridized carbons (Fsp3) is 0.333. The number of likely N-dealkylation sites (N-methyl/N-ethyl adjacent to an activating group) is 1. The van der Waals surface area contributed by atoms with Gasteiger partial charge in [0.15, 0.2) is 6.61 Å². The lowest BCUT2D eigenvalue weighted by atomic mass is 10.2. The van der Waals surface area contributed by atoms with E-state index in [-0.39, 0.29) is 12.5 Å². The van der Waals surface area contributed by atoms with Crippen LogP contribution in [0.1, 0.15) is 28.7 Å². The normalized spacial score (nSPS) is 10.3. The summed E-state index contributed by atoms with van der Waals surface area (Å²) >= 11 is 0. The first-order valence-electron chi connectivity index (χ1n) is 8.26. The van der Waals surface area contributed by atoms with Gasteiger partial charge in [-0.15, -0.1) is 0 Å². The molecule has 2 amide bonds. The van der Waals surface area contributed by atoms with Crippen molar-refractivity contribution in [3.63, 3.8) is 0 Å². The minimum atomic E-state index is -0.629. The van der Waals surface area contributed by atoms with E-state index < -0.39 is 18.5 Å². The summed E-state index contributed by atoms with van der Waals surface area (Å²) in [6.45, 7) is 5.11. The number of rotatable bonds is 7. The Morgan fingerprint density at radius 2 is 1.77 bits per heavy atom. The number of carbonyl (C=O) groups excluding carboxylic acids is 3. The van der Waals surface area contributed by atoms with Crippen molar-refractivity contribution in [1.29, 1.82) is 0 Å². The summed E-state index contributed by atoms with van der Waals surface area (Å²) in [5.74, 6) is -1.48. The summed E-state index contributed by atoms with van der Waals surface area (Å²) < 4.78 is 6.71. The molecule has 1 aromatic carbocycles. The van der Waals surface area contributed by atoms with Crippen molar-refractivity contribution in [3.8, 4) is 5.69 Å². The van der Waals surface area contributed by atoms with Crippen molar-refractivity contribution in [3.05, 3.63) is 47.3 Å². The Balaban J connectivity index is 1.99. The number of benzene rings is 1. The van der Waals surface area contributed by atoms with Gasteiger partial charge in [-0.1, -0.05) is 18.2 Å². The van der Waals surface area contributed by atoms with Gasteiger partial charge in [0.25, 0.3) is 5.91 Å². The Bertz CT molecular complexity index is 799. The van der Waals surface area contributed by atoms with E-state index in [9.17, 15) is 14.4 Å². The maximum atomic E-state index is 12.3. The van der Waals surface area contributed by atoms with Crippen molar-refractivity contribution in [1.82, 2.24) is 20.4 Å². The number of nitrogens with one attached hydrogen (secondary N) is 2. The van der Waals surface area contributed by atoms with Crippen LogP contribution >= 0.6 is 0 Å². The van der Waals surface area contributed by atoms with Gasteiger partial charge in [-0.05, 0) is 32.9 Å². The number of amides is 2. The van der Waals surface area contributed by atoms with E-state index in [1.165, 1.54) is 0 Å². The van der Waals surface area contributed by atoms with Crippen LogP contribution < -0.4 is 10.6 Å². The standard InChI is InChI=1S/C18H22N4O4/c1-4-19-15(23)10-20-16(24)11-26-18(25)17-12(2)21-22(13(17)3)14-8-6-5-7-9-14/h5-9H,4,10-11H2,1-3H3,(H,19,23)(H,20,24). The molecule has 0 unspecified atom stereocenters. The van der Waals surface area contributed by atoms with E-state index in [1.807, 2.05) is 30.3 Å². The Labute approximate surface area is 151 Å². The molecule has 0 aliphatic heterocycles. The molecular weight excluding hydrogens is 336 g/mol. The molecule has 0 fully saturated rings. The zero-order valence-electron chi connectivity index (χ0n) is 15.0. The van der Waals surface area contributed by atoms with E-state index in [1.54, 1.807) is 25.5 Å². The third-order valence-electron chi connectivity index (χ3n) is 3.65. The summed E-state index contributed by atoms with van der Waals surface area (Å²) in [5.41, 5.74) is 2.29. The Hall–Kier alpha value is -3.16. The highest BCUT2D eigenvalue weighted by Gasteiger charge is 2.21. The molecule has 8 nitrogen and oxygen atoms in total. The highest BCUT2D eigenvalue weighted by atomic mass is 16.5. The zero-order valence-corrected chi connectivity index (χ0v) is 15.0. The lowest BCUT2D eigenvalue weighted by Crippen LogP contribution is -2.38. The van der Waals surface area contributed by atoms with Crippen LogP contribution in [0.25, 0.3) is 5.69 Å². The van der Waals surface area contributed by atoms with Crippen LogP contribution in [-0.2, 0) is 14.3 Å². The topological polar surface area (TPSA) is 102 Å². The molecule has 26 heavy (non-hydrogen) atoms. The zero-order chi connectivity index (χ0) is 19.1. The fourth-order valence-electron chi connectivity index (χ4n) is 2.45. The largest absolute Gasteiger partial charge is 0.452 e. The lowest BCUT2D eigenvalue weighted by molar-refractivity contribution is -0.127. The van der Waals surface area contributed by atoms with E-state index >= 15 is 0 Å². The molecule has 0 radical (unpaired) electrons. The molecule has 0 bridgehead atoms. The van der Waals surface area contributed by atoms with Crippen molar-refractivity contribution < 1.29 is 19.1 Å². The van der Waals surface area contributed by atoms with Crippen LogP contribution in [0.5, 0.6) is 0 Å². The average molecular weight is 358 g/mol. The molecule has 0 spiro atoms. The number of esters is 1. The summed E-state index contributed by atoms with van der Waals surface area (Å²) in [5, 5.41) is 9.31. The molecule has 8 heteroatoms. The molecule has 1 heterocycles. The number of nitrogens with zero attached hydrogens (tertiary/aromatic N) is 2. The minimum Gasteiger partial charge on any atom is -0.452 e. The van der Waals surface area contributed by atoms with Crippen molar-refractivity contribution in [2.24, 2.45) is 0 Å². The molecule has 2 rings (SSSR count). The highest BCUT2D eigenvalue weighted by Crippen LogP contribution is 2.18. The minimum absolute atomic E-state index is 0.159. The van der Waals surface area contributed by atoms with Gasteiger partial charge >= 0.3 is 5.97 Å². The van der Waals surface area contributed by atoms with Gasteiger partial charge in [0.2, 0.25) is 5.91 Å². The molecule has 2 aromatic rings. The predicted octanol–water partition coefficient (Wildman–Crippen LogP) is 0.898. The number of ether oxygens (including phenoxy) is 1. The van der Waals surface area contributed by atoms with Crippen LogP contribution in [0.3, 0.4) is 0 Å². The van der Waals surface area contributed by atoms with Gasteiger partial charge in [0, 0.05) is 6.54 Å². The Morgan fingerprint density at radius 3 is 2.42 bits per heavy atom. The van der Waals surface area contributed by atoms with E-state index in [4.69, 9.17) is 4.74 Å². The molecule has 138 valence electrons. The monoisotopic (exact) mass is 358 g/mol. The third-order valence-corrected chi connectivity index (χ3v) is 3.65. The SMILES string of the molecule is CCNC(=O)CNC(=O)COC(=O)c1c(C)nn(-c2ccccc2)c1C. The molecule has 0 saturated heterocycles. The second-order valence-electron chi connectivity index (χ2n) is 5.60. The number of aryl methyl sites for hydroxylation is 1. The van der Waals surface area contributed by atoms with Crippen LogP contribution in [0.15, 0.2) is 30.3 Å². The van der Waals surface area contributed by atoms with Gasteiger partial charge in [-0.2, -0.15) is 5.10 Å². The average Bonchev–Trinajstić information content (AvgIpc) is 2.93. The molecule has 1 aromatic heterocycles. The predicted molar refractivity (Wildman–Crippen MR) is 95.0 cm³/mol. The number of aromatic nitrogens is 2. The van der Waals surface area contributed by atoms with Crippen LogP contribution in [0, 0.1) is 13.8 Å². The Kier molecular flexibility index (Phi) is 6.48. The van der Waals surface area contributed by atoms with Crippen molar-refractivity contribution in [2.75, 3.05) is 19.7 Å². The smallest absolute Gasteiger partial charge is 0.342 e. The van der Waals surface area contributed by atoms with Crippen LogP contribution in [0.2, 0.25) is 0 Å². The molecule has 0 atom stereocenters. The first-order chi connectivity index (χ1) is 12.4. The first-order valence-corrected chi connectivity index (χ1v) is 8.26. The molecule has 0 aliphatic carbocycles. The van der Waals surface area contributed by atoms with Gasteiger partial charge in [0.1, 0.15) is 5.56 Å². The van der Waals surface area contributed by atoms with E-state index in [0.29, 0.717) is 23.5 Å².